The standard InChI is InChI=1S/C11H15Br2N3/c1-7-2-8(4-14)6-16(7)11-10(13)3-9(12)5-15-11/h3,5,7-8H,2,4,6,14H2,1H3. The van der Waals surface area contributed by atoms with Crippen LogP contribution in [0.2, 0.25) is 0 Å². The number of pyridine rings is 1. The molecule has 2 heterocycles. The van der Waals surface area contributed by atoms with Crippen molar-refractivity contribution >= 4 is 37.7 Å². The maximum absolute atomic E-state index is 5.73. The molecule has 0 bridgehead atoms. The van der Waals surface area contributed by atoms with E-state index in [-0.39, 0.29) is 0 Å². The molecule has 16 heavy (non-hydrogen) atoms. The minimum atomic E-state index is 0.513. The normalized spacial score (nSPS) is 25.1. The molecule has 1 aliphatic rings. The Balaban J connectivity index is 2.24. The molecule has 2 rings (SSSR count). The molecule has 0 radical (unpaired) electrons. The Hall–Kier alpha value is -0.130. The van der Waals surface area contributed by atoms with Crippen molar-refractivity contribution in [1.29, 1.82) is 0 Å². The van der Waals surface area contributed by atoms with Gasteiger partial charge in [0.1, 0.15) is 5.82 Å². The molecule has 1 fully saturated rings. The van der Waals surface area contributed by atoms with E-state index in [1.54, 1.807) is 0 Å². The van der Waals surface area contributed by atoms with Crippen LogP contribution in [0.1, 0.15) is 13.3 Å². The Morgan fingerprint density at radius 3 is 2.88 bits per heavy atom. The summed E-state index contributed by atoms with van der Waals surface area (Å²) in [6.07, 6.45) is 2.99. The first kappa shape index (κ1) is 12.3. The third-order valence-electron chi connectivity index (χ3n) is 3.06. The van der Waals surface area contributed by atoms with Crippen molar-refractivity contribution in [3.63, 3.8) is 0 Å². The lowest BCUT2D eigenvalue weighted by Gasteiger charge is -2.23. The van der Waals surface area contributed by atoms with E-state index >= 15 is 0 Å². The highest BCUT2D eigenvalue weighted by Gasteiger charge is 2.29. The molecule has 88 valence electrons. The van der Waals surface area contributed by atoms with Gasteiger partial charge in [-0.05, 0) is 63.7 Å². The lowest BCUT2D eigenvalue weighted by molar-refractivity contribution is 0.579. The summed E-state index contributed by atoms with van der Waals surface area (Å²) in [5, 5.41) is 0. The van der Waals surface area contributed by atoms with Gasteiger partial charge in [0.25, 0.3) is 0 Å². The predicted molar refractivity (Wildman–Crippen MR) is 73.6 cm³/mol. The quantitative estimate of drug-likeness (QED) is 0.893. The molecule has 0 aliphatic carbocycles. The van der Waals surface area contributed by atoms with Gasteiger partial charge >= 0.3 is 0 Å². The van der Waals surface area contributed by atoms with Crippen molar-refractivity contribution in [2.24, 2.45) is 11.7 Å². The molecule has 2 atom stereocenters. The fourth-order valence-corrected chi connectivity index (χ4v) is 3.44. The molecular weight excluding hydrogens is 334 g/mol. The summed E-state index contributed by atoms with van der Waals surface area (Å²) in [6, 6.07) is 2.55. The van der Waals surface area contributed by atoms with Crippen molar-refractivity contribution in [3.05, 3.63) is 21.2 Å². The fraction of sp³-hybridized carbons (Fsp3) is 0.545. The summed E-state index contributed by atoms with van der Waals surface area (Å²) in [5.74, 6) is 1.61. The Bertz CT molecular complexity index is 383. The number of nitrogens with two attached hydrogens (primary N) is 1. The summed E-state index contributed by atoms with van der Waals surface area (Å²) < 4.78 is 2.02. The summed E-state index contributed by atoms with van der Waals surface area (Å²) in [7, 11) is 0. The van der Waals surface area contributed by atoms with E-state index in [9.17, 15) is 0 Å². The van der Waals surface area contributed by atoms with E-state index in [0.717, 1.165) is 34.3 Å². The van der Waals surface area contributed by atoms with Gasteiger partial charge in [-0.3, -0.25) is 0 Å². The molecule has 0 saturated carbocycles. The van der Waals surface area contributed by atoms with Crippen LogP contribution in [-0.4, -0.2) is 24.1 Å². The minimum Gasteiger partial charge on any atom is -0.353 e. The van der Waals surface area contributed by atoms with Crippen LogP contribution in [0.15, 0.2) is 21.2 Å². The van der Waals surface area contributed by atoms with E-state index in [1.165, 1.54) is 0 Å². The highest BCUT2D eigenvalue weighted by atomic mass is 79.9. The third kappa shape index (κ3) is 2.41. The Morgan fingerprint density at radius 2 is 2.31 bits per heavy atom. The number of halogens is 2. The Morgan fingerprint density at radius 1 is 1.56 bits per heavy atom. The third-order valence-corrected chi connectivity index (χ3v) is 4.07. The van der Waals surface area contributed by atoms with Crippen molar-refractivity contribution < 1.29 is 0 Å². The highest BCUT2D eigenvalue weighted by molar-refractivity contribution is 9.11. The molecule has 0 amide bonds. The van der Waals surface area contributed by atoms with Gasteiger partial charge < -0.3 is 10.6 Å². The van der Waals surface area contributed by atoms with Crippen LogP contribution >= 0.6 is 31.9 Å². The summed E-state index contributed by atoms with van der Waals surface area (Å²) in [5.41, 5.74) is 5.73. The maximum atomic E-state index is 5.73. The Kier molecular flexibility index (Phi) is 3.87. The zero-order chi connectivity index (χ0) is 11.7. The van der Waals surface area contributed by atoms with Gasteiger partial charge in [-0.15, -0.1) is 0 Å². The van der Waals surface area contributed by atoms with Gasteiger partial charge in [0.05, 0.1) is 4.47 Å². The first-order chi connectivity index (χ1) is 7.61. The number of nitrogens with zero attached hydrogens (tertiary/aromatic N) is 2. The van der Waals surface area contributed by atoms with Gasteiger partial charge in [-0.25, -0.2) is 4.98 Å². The lowest BCUT2D eigenvalue weighted by atomic mass is 10.1. The van der Waals surface area contributed by atoms with E-state index in [1.807, 2.05) is 12.3 Å². The monoisotopic (exact) mass is 347 g/mol. The van der Waals surface area contributed by atoms with Crippen molar-refractivity contribution in [1.82, 2.24) is 4.98 Å². The van der Waals surface area contributed by atoms with Gasteiger partial charge in [0.15, 0.2) is 0 Å². The van der Waals surface area contributed by atoms with Crippen LogP contribution in [0, 0.1) is 5.92 Å². The number of hydrogen-bond donors (Lipinski definition) is 1. The minimum absolute atomic E-state index is 0.513. The average Bonchev–Trinajstić information content (AvgIpc) is 2.60. The van der Waals surface area contributed by atoms with Crippen LogP contribution in [0.25, 0.3) is 0 Å². The topological polar surface area (TPSA) is 42.1 Å². The van der Waals surface area contributed by atoms with E-state index in [0.29, 0.717) is 12.0 Å². The highest BCUT2D eigenvalue weighted by Crippen LogP contribution is 2.33. The van der Waals surface area contributed by atoms with Crippen LogP contribution in [0.5, 0.6) is 0 Å². The molecule has 2 N–H and O–H groups in total. The second-order valence-corrected chi connectivity index (χ2v) is 6.07. The van der Waals surface area contributed by atoms with Crippen LogP contribution < -0.4 is 10.6 Å². The van der Waals surface area contributed by atoms with Gasteiger partial charge in [0.2, 0.25) is 0 Å². The molecule has 1 aromatic heterocycles. The van der Waals surface area contributed by atoms with Gasteiger partial charge in [-0.1, -0.05) is 0 Å². The SMILES string of the molecule is CC1CC(CN)CN1c1ncc(Br)cc1Br. The average molecular weight is 349 g/mol. The molecule has 2 unspecified atom stereocenters. The lowest BCUT2D eigenvalue weighted by Crippen LogP contribution is -2.28. The van der Waals surface area contributed by atoms with Crippen LogP contribution in [0.4, 0.5) is 5.82 Å². The van der Waals surface area contributed by atoms with Crippen molar-refractivity contribution in [2.75, 3.05) is 18.0 Å². The molecule has 5 heteroatoms. The second kappa shape index (κ2) is 5.02. The molecule has 0 spiro atoms. The first-order valence-corrected chi connectivity index (χ1v) is 6.98. The maximum Gasteiger partial charge on any atom is 0.143 e. The van der Waals surface area contributed by atoms with E-state index < -0.39 is 0 Å². The largest absolute Gasteiger partial charge is 0.353 e. The zero-order valence-corrected chi connectivity index (χ0v) is 12.3. The van der Waals surface area contributed by atoms with E-state index in [2.05, 4.69) is 48.7 Å². The van der Waals surface area contributed by atoms with Crippen LogP contribution in [-0.2, 0) is 0 Å². The fourth-order valence-electron chi connectivity index (χ4n) is 2.23. The molecule has 3 nitrogen and oxygen atoms in total. The van der Waals surface area contributed by atoms with Crippen molar-refractivity contribution in [2.45, 2.75) is 19.4 Å². The van der Waals surface area contributed by atoms with Gasteiger partial charge in [-0.2, -0.15) is 0 Å². The molecule has 1 aliphatic heterocycles. The first-order valence-electron chi connectivity index (χ1n) is 5.39. The molecular formula is C11H15Br2N3. The zero-order valence-electron chi connectivity index (χ0n) is 9.16. The Labute approximate surface area is 113 Å². The predicted octanol–water partition coefficient (Wildman–Crippen LogP) is 2.78. The molecule has 1 aromatic rings. The van der Waals surface area contributed by atoms with Gasteiger partial charge in [0, 0.05) is 23.3 Å². The molecule has 1 saturated heterocycles. The second-order valence-electron chi connectivity index (χ2n) is 4.30. The number of hydrogen-bond acceptors (Lipinski definition) is 3. The summed E-state index contributed by atoms with van der Waals surface area (Å²) in [6.45, 7) is 3.99. The number of aromatic nitrogens is 1. The number of anilines is 1. The van der Waals surface area contributed by atoms with Crippen LogP contribution in [0.3, 0.4) is 0 Å². The summed E-state index contributed by atoms with van der Waals surface area (Å²) in [4.78, 5) is 6.80. The summed E-state index contributed by atoms with van der Waals surface area (Å²) >= 11 is 6.98. The number of rotatable bonds is 2. The molecule has 0 aromatic carbocycles. The van der Waals surface area contributed by atoms with E-state index in [4.69, 9.17) is 5.73 Å². The smallest absolute Gasteiger partial charge is 0.143 e. The van der Waals surface area contributed by atoms with Crippen molar-refractivity contribution in [3.8, 4) is 0 Å².